The highest BCUT2D eigenvalue weighted by Crippen LogP contribution is 2.14. The van der Waals surface area contributed by atoms with Crippen molar-refractivity contribution in [2.24, 2.45) is 0 Å². The maximum atomic E-state index is 11.3. The van der Waals surface area contributed by atoms with E-state index >= 15 is 0 Å². The van der Waals surface area contributed by atoms with Crippen molar-refractivity contribution >= 4 is 22.1 Å². The minimum absolute atomic E-state index is 0.0975. The Morgan fingerprint density at radius 1 is 1.36 bits per heavy atom. The summed E-state index contributed by atoms with van der Waals surface area (Å²) < 4.78 is 24.8. The molecule has 0 atom stereocenters. The van der Waals surface area contributed by atoms with Gasteiger partial charge in [-0.3, -0.25) is 4.79 Å². The largest absolute Gasteiger partial charge is 0.318 e. The molecule has 0 aliphatic heterocycles. The van der Waals surface area contributed by atoms with Crippen LogP contribution in [0.2, 0.25) is 0 Å². The summed E-state index contributed by atoms with van der Waals surface area (Å²) in [6.45, 7) is 0. The van der Waals surface area contributed by atoms with Crippen molar-refractivity contribution < 1.29 is 13.2 Å². The molecule has 1 aromatic rings. The van der Waals surface area contributed by atoms with Crippen molar-refractivity contribution in [3.8, 4) is 0 Å². The van der Waals surface area contributed by atoms with Crippen LogP contribution in [0.15, 0.2) is 29.2 Å². The Labute approximate surface area is 82.2 Å². The minimum Gasteiger partial charge on any atom is -0.318 e. The second-order valence-corrected chi connectivity index (χ2v) is 4.35. The van der Waals surface area contributed by atoms with Crippen LogP contribution in [0.5, 0.6) is 0 Å². The molecule has 6 heteroatoms. The van der Waals surface area contributed by atoms with E-state index in [1.165, 1.54) is 31.7 Å². The SMILES string of the molecule is CNS(=O)(=O)c1cccc(N[C]=O)c1. The number of hydrogen-bond donors (Lipinski definition) is 2. The summed E-state index contributed by atoms with van der Waals surface area (Å²) in [4.78, 5) is 10.1. The highest BCUT2D eigenvalue weighted by Gasteiger charge is 2.10. The predicted molar refractivity (Wildman–Crippen MR) is 52.0 cm³/mol. The molecule has 0 saturated carbocycles. The lowest BCUT2D eigenvalue weighted by Gasteiger charge is -2.03. The molecule has 0 aliphatic rings. The first-order chi connectivity index (χ1) is 6.60. The molecular weight excluding hydrogens is 204 g/mol. The van der Waals surface area contributed by atoms with Gasteiger partial charge in [-0.1, -0.05) is 6.07 Å². The Bertz CT molecular complexity index is 428. The summed E-state index contributed by atoms with van der Waals surface area (Å²) in [5.74, 6) is 0. The van der Waals surface area contributed by atoms with Crippen LogP contribution in [0.3, 0.4) is 0 Å². The van der Waals surface area contributed by atoms with Gasteiger partial charge >= 0.3 is 6.41 Å². The zero-order chi connectivity index (χ0) is 10.6. The third kappa shape index (κ3) is 2.30. The Morgan fingerprint density at radius 3 is 2.64 bits per heavy atom. The molecule has 14 heavy (non-hydrogen) atoms. The van der Waals surface area contributed by atoms with E-state index in [1.807, 2.05) is 0 Å². The molecule has 0 heterocycles. The van der Waals surface area contributed by atoms with Gasteiger partial charge < -0.3 is 5.32 Å². The molecule has 0 saturated heterocycles. The number of hydrogen-bond acceptors (Lipinski definition) is 3. The molecule has 5 nitrogen and oxygen atoms in total. The standard InChI is InChI=1S/C8H9N2O3S/c1-9-14(12,13)8-4-2-3-7(5-8)10-6-11/h2-5,9H,1H3,(H,10,11). The monoisotopic (exact) mass is 213 g/mol. The topological polar surface area (TPSA) is 75.3 Å². The first-order valence-corrected chi connectivity index (χ1v) is 5.25. The quantitative estimate of drug-likeness (QED) is 0.695. The van der Waals surface area contributed by atoms with E-state index < -0.39 is 10.0 Å². The summed E-state index contributed by atoms with van der Waals surface area (Å²) in [5, 5.41) is 2.25. The van der Waals surface area contributed by atoms with Crippen molar-refractivity contribution in [1.29, 1.82) is 0 Å². The molecular formula is C8H9N2O3S. The molecule has 1 rings (SSSR count). The van der Waals surface area contributed by atoms with Gasteiger partial charge in [0.25, 0.3) is 0 Å². The molecule has 2 N–H and O–H groups in total. The number of carbonyl (C=O) groups excluding carboxylic acids is 1. The first-order valence-electron chi connectivity index (χ1n) is 3.77. The third-order valence-corrected chi connectivity index (χ3v) is 3.02. The molecule has 0 fully saturated rings. The second-order valence-electron chi connectivity index (χ2n) is 2.46. The fourth-order valence-corrected chi connectivity index (χ4v) is 1.69. The number of anilines is 1. The van der Waals surface area contributed by atoms with E-state index in [0.29, 0.717) is 5.69 Å². The first kappa shape index (κ1) is 10.7. The molecule has 75 valence electrons. The van der Waals surface area contributed by atoms with Crippen LogP contribution in [0, 0.1) is 0 Å². The van der Waals surface area contributed by atoms with Crippen molar-refractivity contribution in [2.45, 2.75) is 4.90 Å². The van der Waals surface area contributed by atoms with Gasteiger partial charge in [0.1, 0.15) is 0 Å². The maximum Gasteiger partial charge on any atom is 0.314 e. The van der Waals surface area contributed by atoms with Gasteiger partial charge in [-0.2, -0.15) is 0 Å². The van der Waals surface area contributed by atoms with Crippen molar-refractivity contribution in [3.63, 3.8) is 0 Å². The van der Waals surface area contributed by atoms with Crippen LogP contribution in [0.4, 0.5) is 5.69 Å². The summed E-state index contributed by atoms with van der Waals surface area (Å²) in [6, 6.07) is 5.88. The molecule has 1 aromatic carbocycles. The summed E-state index contributed by atoms with van der Waals surface area (Å²) in [7, 11) is -2.14. The highest BCUT2D eigenvalue weighted by molar-refractivity contribution is 7.89. The minimum atomic E-state index is -3.46. The molecule has 0 spiro atoms. The molecule has 0 bridgehead atoms. The number of rotatable bonds is 4. The number of amides is 1. The van der Waals surface area contributed by atoms with Crippen molar-refractivity contribution in [3.05, 3.63) is 24.3 Å². The van der Waals surface area contributed by atoms with Crippen LogP contribution < -0.4 is 10.0 Å². The normalized spacial score (nSPS) is 10.9. The highest BCUT2D eigenvalue weighted by atomic mass is 32.2. The zero-order valence-electron chi connectivity index (χ0n) is 7.44. The molecule has 0 aromatic heterocycles. The van der Waals surface area contributed by atoms with Gasteiger partial charge in [-0.25, -0.2) is 13.1 Å². The van der Waals surface area contributed by atoms with Gasteiger partial charge in [0, 0.05) is 5.69 Å². The van der Waals surface area contributed by atoms with E-state index in [9.17, 15) is 13.2 Å². The number of benzene rings is 1. The molecule has 1 amide bonds. The van der Waals surface area contributed by atoms with Gasteiger partial charge in [-0.05, 0) is 25.2 Å². The summed E-state index contributed by atoms with van der Waals surface area (Å²) in [6.07, 6.45) is 1.47. The Kier molecular flexibility index (Phi) is 3.21. The number of nitrogens with one attached hydrogen (secondary N) is 2. The maximum absolute atomic E-state index is 11.3. The predicted octanol–water partition coefficient (Wildman–Crippen LogP) is 0.0738. The lowest BCUT2D eigenvalue weighted by Crippen LogP contribution is -2.18. The van der Waals surface area contributed by atoms with Crippen LogP contribution in [0.1, 0.15) is 0 Å². The third-order valence-electron chi connectivity index (χ3n) is 1.61. The van der Waals surface area contributed by atoms with Crippen molar-refractivity contribution in [1.82, 2.24) is 4.72 Å². The Balaban J connectivity index is 3.12. The summed E-state index contributed by atoms with van der Waals surface area (Å²) >= 11 is 0. The van der Waals surface area contributed by atoms with Crippen LogP contribution in [0.25, 0.3) is 0 Å². The van der Waals surface area contributed by atoms with Gasteiger partial charge in [0.05, 0.1) is 4.90 Å². The van der Waals surface area contributed by atoms with Crippen LogP contribution in [-0.4, -0.2) is 21.9 Å². The number of sulfonamides is 1. The average molecular weight is 213 g/mol. The Hall–Kier alpha value is -1.40. The van der Waals surface area contributed by atoms with Gasteiger partial charge in [0.15, 0.2) is 0 Å². The molecule has 0 unspecified atom stereocenters. The van der Waals surface area contributed by atoms with Crippen molar-refractivity contribution in [2.75, 3.05) is 12.4 Å². The average Bonchev–Trinajstić information content (AvgIpc) is 2.19. The van der Waals surface area contributed by atoms with Gasteiger partial charge in [0.2, 0.25) is 10.0 Å². The fraction of sp³-hybridized carbons (Fsp3) is 0.125. The lowest BCUT2D eigenvalue weighted by atomic mass is 10.3. The van der Waals surface area contributed by atoms with Gasteiger partial charge in [-0.15, -0.1) is 0 Å². The van der Waals surface area contributed by atoms with E-state index in [2.05, 4.69) is 10.0 Å². The van der Waals surface area contributed by atoms with E-state index in [4.69, 9.17) is 0 Å². The van der Waals surface area contributed by atoms with E-state index in [1.54, 1.807) is 6.07 Å². The second kappa shape index (κ2) is 4.21. The lowest BCUT2D eigenvalue weighted by molar-refractivity contribution is 0.561. The Morgan fingerprint density at radius 2 is 2.07 bits per heavy atom. The molecule has 0 aliphatic carbocycles. The fourth-order valence-electron chi connectivity index (χ4n) is 0.918. The van der Waals surface area contributed by atoms with Crippen LogP contribution >= 0.6 is 0 Å². The van der Waals surface area contributed by atoms with E-state index in [0.717, 1.165) is 0 Å². The zero-order valence-corrected chi connectivity index (χ0v) is 8.26. The van der Waals surface area contributed by atoms with E-state index in [-0.39, 0.29) is 4.90 Å². The molecule has 1 radical (unpaired) electrons. The summed E-state index contributed by atoms with van der Waals surface area (Å²) in [5.41, 5.74) is 0.385. The smallest absolute Gasteiger partial charge is 0.314 e. The van der Waals surface area contributed by atoms with Crippen LogP contribution in [-0.2, 0) is 14.8 Å².